The van der Waals surface area contributed by atoms with E-state index < -0.39 is 90.8 Å². The highest BCUT2D eigenvalue weighted by molar-refractivity contribution is 5.97. The number of aliphatic hydroxyl groups excluding tert-OH is 1. The summed E-state index contributed by atoms with van der Waals surface area (Å²) in [5, 5.41) is 20.1. The largest absolute Gasteiger partial charge is 0.445 e. The first-order valence-corrected chi connectivity index (χ1v) is 15.8. The Morgan fingerprint density at radius 2 is 1.41 bits per heavy atom. The summed E-state index contributed by atoms with van der Waals surface area (Å²) in [6, 6.07) is -4.50. The Balaban J connectivity index is 3.55. The van der Waals surface area contributed by atoms with Crippen molar-refractivity contribution in [3.8, 4) is 0 Å². The van der Waals surface area contributed by atoms with Crippen molar-refractivity contribution in [2.45, 2.75) is 118 Å². The molecule has 1 rings (SSSR count). The molecule has 1 saturated heterocycles. The van der Waals surface area contributed by atoms with E-state index in [1.54, 1.807) is 48.5 Å². The first-order valence-electron chi connectivity index (χ1n) is 15.8. The molecule has 1 heterocycles. The first-order chi connectivity index (χ1) is 20.6. The number of rotatable bonds is 9. The monoisotopic (exact) mass is 625 g/mol. The Labute approximate surface area is 262 Å². The van der Waals surface area contributed by atoms with E-state index in [1.807, 2.05) is 0 Å². The van der Waals surface area contributed by atoms with Gasteiger partial charge in [0, 0.05) is 7.05 Å². The van der Waals surface area contributed by atoms with Gasteiger partial charge in [0.1, 0.15) is 24.2 Å². The number of nitrogens with zero attached hydrogens (tertiary/aromatic N) is 1. The Morgan fingerprint density at radius 3 is 1.93 bits per heavy atom. The summed E-state index contributed by atoms with van der Waals surface area (Å²) >= 11 is 0. The van der Waals surface area contributed by atoms with Crippen molar-refractivity contribution in [3.63, 3.8) is 0 Å². The molecule has 13 nitrogen and oxygen atoms in total. The lowest BCUT2D eigenvalue weighted by molar-refractivity contribution is -0.147. The van der Waals surface area contributed by atoms with Gasteiger partial charge in [-0.05, 0) is 30.6 Å². The highest BCUT2D eigenvalue weighted by Crippen LogP contribution is 2.22. The summed E-state index contributed by atoms with van der Waals surface area (Å²) in [7, 11) is 1.50. The minimum atomic E-state index is -1.41. The van der Waals surface area contributed by atoms with Crippen LogP contribution in [0.1, 0.15) is 87.5 Å². The Hall–Kier alpha value is -3.22. The molecule has 252 valence electrons. The molecule has 5 amide bonds. The number of carbonyl (C=O) groups excluding carboxylic acids is 6. The Kier molecular flexibility index (Phi) is 16.4. The van der Waals surface area contributed by atoms with Crippen LogP contribution >= 0.6 is 0 Å². The smallest absolute Gasteiger partial charge is 0.407 e. The first kappa shape index (κ1) is 38.8. The summed E-state index contributed by atoms with van der Waals surface area (Å²) in [4.78, 5) is 81.0. The second-order valence-electron chi connectivity index (χ2n) is 12.7. The fraction of sp³-hybridized carbons (Fsp3) is 0.806. The van der Waals surface area contributed by atoms with Gasteiger partial charge in [-0.15, -0.1) is 0 Å². The third kappa shape index (κ3) is 11.4. The van der Waals surface area contributed by atoms with Crippen LogP contribution in [0.25, 0.3) is 0 Å². The number of cyclic esters (lactones) is 1. The molecule has 44 heavy (non-hydrogen) atoms. The van der Waals surface area contributed by atoms with Crippen LogP contribution in [0.15, 0.2) is 0 Å². The van der Waals surface area contributed by atoms with Crippen LogP contribution in [-0.2, 0) is 28.7 Å². The summed E-state index contributed by atoms with van der Waals surface area (Å²) in [6.45, 7) is 12.9. The summed E-state index contributed by atoms with van der Waals surface area (Å²) in [6.07, 6.45) is 2.27. The van der Waals surface area contributed by atoms with Crippen LogP contribution in [-0.4, -0.2) is 96.0 Å². The molecule has 6 atom stereocenters. The van der Waals surface area contributed by atoms with Crippen LogP contribution in [0.3, 0.4) is 0 Å². The third-order valence-corrected chi connectivity index (χ3v) is 7.99. The number of amides is 5. The minimum absolute atomic E-state index is 0.344. The van der Waals surface area contributed by atoms with E-state index in [0.717, 1.165) is 19.3 Å². The average molecular weight is 626 g/mol. The van der Waals surface area contributed by atoms with E-state index in [1.165, 1.54) is 11.9 Å². The van der Waals surface area contributed by atoms with Crippen LogP contribution in [0.4, 0.5) is 4.79 Å². The van der Waals surface area contributed by atoms with Gasteiger partial charge in [0.15, 0.2) is 5.78 Å². The Bertz CT molecular complexity index is 1000. The molecule has 0 radical (unpaired) electrons. The quantitative estimate of drug-likeness (QED) is 0.239. The van der Waals surface area contributed by atoms with E-state index in [4.69, 9.17) is 4.74 Å². The van der Waals surface area contributed by atoms with Crippen molar-refractivity contribution in [1.82, 2.24) is 26.2 Å². The third-order valence-electron chi connectivity index (χ3n) is 7.99. The zero-order valence-electron chi connectivity index (χ0n) is 27.9. The lowest BCUT2D eigenvalue weighted by Gasteiger charge is -2.35. The number of alkyl carbamates (subject to hydrolysis) is 1. The zero-order chi connectivity index (χ0) is 33.7. The van der Waals surface area contributed by atoms with Crippen molar-refractivity contribution in [3.05, 3.63) is 0 Å². The number of carbonyl (C=O) groups is 6. The number of Topliss-reactive ketones (excluding diaryl/α,β-unsaturated/α-hetero) is 1. The number of ether oxygens (including phenoxy) is 1. The number of likely N-dealkylation sites (N-methyl/N-ethyl adjacent to an activating group) is 1. The van der Waals surface area contributed by atoms with Crippen molar-refractivity contribution >= 4 is 35.5 Å². The summed E-state index contributed by atoms with van der Waals surface area (Å²) in [5.41, 5.74) is 0. The van der Waals surface area contributed by atoms with Gasteiger partial charge in [-0.3, -0.25) is 24.0 Å². The topological polar surface area (TPSA) is 183 Å². The average Bonchev–Trinajstić information content (AvgIpc) is 2.95. The van der Waals surface area contributed by atoms with Gasteiger partial charge in [0.2, 0.25) is 23.6 Å². The highest BCUT2D eigenvalue weighted by Gasteiger charge is 2.38. The number of hydrogen-bond donors (Lipinski definition) is 5. The van der Waals surface area contributed by atoms with Crippen molar-refractivity contribution in [2.24, 2.45) is 23.7 Å². The molecule has 0 aliphatic carbocycles. The van der Waals surface area contributed by atoms with E-state index in [0.29, 0.717) is 12.8 Å². The van der Waals surface area contributed by atoms with Gasteiger partial charge in [-0.1, -0.05) is 74.7 Å². The van der Waals surface area contributed by atoms with Gasteiger partial charge in [-0.2, -0.15) is 0 Å². The number of nitrogens with one attached hydrogen (secondary N) is 4. The zero-order valence-corrected chi connectivity index (χ0v) is 27.9. The molecule has 0 saturated carbocycles. The molecule has 0 aromatic heterocycles. The minimum Gasteiger partial charge on any atom is -0.445 e. The summed E-state index contributed by atoms with van der Waals surface area (Å²) in [5.74, 6) is -4.94. The fourth-order valence-corrected chi connectivity index (χ4v) is 5.28. The molecular weight excluding hydrogens is 570 g/mol. The number of aliphatic hydroxyl groups is 1. The predicted molar refractivity (Wildman–Crippen MR) is 165 cm³/mol. The molecule has 0 aromatic carbocycles. The Morgan fingerprint density at radius 1 is 0.818 bits per heavy atom. The molecule has 1 aliphatic rings. The second-order valence-corrected chi connectivity index (χ2v) is 12.7. The molecule has 1 aliphatic heterocycles. The van der Waals surface area contributed by atoms with Gasteiger partial charge in [0.05, 0.1) is 25.1 Å². The summed E-state index contributed by atoms with van der Waals surface area (Å²) < 4.78 is 5.69. The predicted octanol–water partition coefficient (Wildman–Crippen LogP) is 1.51. The van der Waals surface area contributed by atoms with Crippen molar-refractivity contribution in [2.75, 3.05) is 20.2 Å². The van der Waals surface area contributed by atoms with E-state index >= 15 is 0 Å². The van der Waals surface area contributed by atoms with Gasteiger partial charge in [-0.25, -0.2) is 4.79 Å². The molecule has 13 heteroatoms. The van der Waals surface area contributed by atoms with E-state index in [-0.39, 0.29) is 11.8 Å². The number of hydrogen-bond acceptors (Lipinski definition) is 8. The van der Waals surface area contributed by atoms with Gasteiger partial charge < -0.3 is 36.0 Å². The van der Waals surface area contributed by atoms with Gasteiger partial charge >= 0.3 is 6.09 Å². The molecule has 0 unspecified atom stereocenters. The number of ketones is 1. The molecule has 0 aromatic rings. The van der Waals surface area contributed by atoms with Crippen LogP contribution in [0.2, 0.25) is 0 Å². The standard InChI is InChI=1S/C31H55N5O8/c1-10-11-12-13-14-23-20(8)30(42)36(9)26(19(6)7)29(41)35-25(18(4)5)28(40)33-21(16-37)27(39)34-24(17(2)3)22(38)15-32-31(43)44-23/h17-21,23-26,37H,10-16H2,1-9H3,(H,32,43)(H,33,40)(H,34,39)(H,35,41)/t20-,21-,23+,24-,25+,26+/m1/s1. The SMILES string of the molecule is CCCCCC[C@@H]1OC(=O)NCC(=O)[C@@H](C(C)C)NC(=O)[C@@H](CO)NC(=O)[C@H](C(C)C)NC(=O)[C@H](C(C)C)N(C)C(=O)[C@@H]1C. The van der Waals surface area contributed by atoms with Crippen molar-refractivity contribution in [1.29, 1.82) is 0 Å². The molecular formula is C31H55N5O8. The lowest BCUT2D eigenvalue weighted by Crippen LogP contribution is -2.61. The van der Waals surface area contributed by atoms with Gasteiger partial charge in [0.25, 0.3) is 0 Å². The van der Waals surface area contributed by atoms with Crippen molar-refractivity contribution < 1.29 is 38.6 Å². The molecule has 0 spiro atoms. The molecule has 0 bridgehead atoms. The highest BCUT2D eigenvalue weighted by atomic mass is 16.6. The lowest BCUT2D eigenvalue weighted by atomic mass is 9.94. The van der Waals surface area contributed by atoms with Crippen LogP contribution < -0.4 is 21.3 Å². The number of unbranched alkanes of at least 4 members (excludes halogenated alkanes) is 3. The maximum atomic E-state index is 13.7. The molecule has 1 fully saturated rings. The van der Waals surface area contributed by atoms with E-state index in [2.05, 4.69) is 28.2 Å². The normalized spacial score (nSPS) is 27.2. The fourth-order valence-electron chi connectivity index (χ4n) is 5.28. The van der Waals surface area contributed by atoms with E-state index in [9.17, 15) is 33.9 Å². The molecule has 5 N–H and O–H groups in total. The maximum Gasteiger partial charge on any atom is 0.407 e. The van der Waals surface area contributed by atoms with Crippen LogP contribution in [0.5, 0.6) is 0 Å². The maximum absolute atomic E-state index is 13.7. The second kappa shape index (κ2) is 18.6. The van der Waals surface area contributed by atoms with Crippen LogP contribution in [0, 0.1) is 23.7 Å².